The summed E-state index contributed by atoms with van der Waals surface area (Å²) in [7, 11) is -1.93. The number of hydrogen-bond donors (Lipinski definition) is 2. The van der Waals surface area contributed by atoms with Crippen molar-refractivity contribution in [2.75, 3.05) is 23.8 Å². The summed E-state index contributed by atoms with van der Waals surface area (Å²) in [5.41, 5.74) is 6.14. The van der Waals surface area contributed by atoms with Gasteiger partial charge in [0.25, 0.3) is 0 Å². The molecule has 0 saturated carbocycles. The lowest BCUT2D eigenvalue weighted by Crippen LogP contribution is -2.27. The Morgan fingerprint density at radius 1 is 1.61 bits per heavy atom. The fourth-order valence-electron chi connectivity index (χ4n) is 1.43. The van der Waals surface area contributed by atoms with Crippen LogP contribution >= 0.6 is 11.8 Å². The topological polar surface area (TPSA) is 90.0 Å². The quantitative estimate of drug-likeness (QED) is 0.564. The molecule has 1 rings (SSSR count). The van der Waals surface area contributed by atoms with E-state index in [4.69, 9.17) is 5.73 Å². The van der Waals surface area contributed by atoms with Crippen LogP contribution in [0.1, 0.15) is 5.69 Å². The highest BCUT2D eigenvalue weighted by molar-refractivity contribution is 7.99. The Hall–Kier alpha value is -0.990. The lowest BCUT2D eigenvalue weighted by Gasteiger charge is -2.06. The average molecular weight is 290 g/mol. The van der Waals surface area contributed by atoms with E-state index in [9.17, 15) is 8.42 Å². The summed E-state index contributed by atoms with van der Waals surface area (Å²) in [4.78, 5) is 0.0683. The average Bonchev–Trinajstić information content (AvgIpc) is 2.53. The molecule has 0 aromatic carbocycles. The Morgan fingerprint density at radius 3 is 2.78 bits per heavy atom. The van der Waals surface area contributed by atoms with Crippen molar-refractivity contribution in [2.24, 2.45) is 7.05 Å². The van der Waals surface area contributed by atoms with Crippen molar-refractivity contribution in [1.82, 2.24) is 14.5 Å². The van der Waals surface area contributed by atoms with Gasteiger partial charge < -0.3 is 5.73 Å². The minimum Gasteiger partial charge on any atom is -0.381 e. The van der Waals surface area contributed by atoms with Crippen molar-refractivity contribution >= 4 is 27.6 Å². The van der Waals surface area contributed by atoms with Crippen LogP contribution in [-0.4, -0.2) is 36.2 Å². The zero-order valence-corrected chi connectivity index (χ0v) is 12.1. The maximum absolute atomic E-state index is 12.0. The number of rotatable bonds is 7. The van der Waals surface area contributed by atoms with E-state index in [0.717, 1.165) is 5.75 Å². The Labute approximate surface area is 112 Å². The number of hydrogen-bond acceptors (Lipinski definition) is 5. The van der Waals surface area contributed by atoms with Gasteiger partial charge in [0.15, 0.2) is 5.82 Å². The van der Waals surface area contributed by atoms with Gasteiger partial charge in [0.2, 0.25) is 10.0 Å². The second-order valence-corrected chi connectivity index (χ2v) is 6.54. The highest BCUT2D eigenvalue weighted by atomic mass is 32.2. The first kappa shape index (κ1) is 15.1. The molecule has 0 fully saturated rings. The Kier molecular flexibility index (Phi) is 5.24. The summed E-state index contributed by atoms with van der Waals surface area (Å²) in [6.45, 7) is 5.62. The van der Waals surface area contributed by atoms with Crippen LogP contribution in [0.15, 0.2) is 17.6 Å². The van der Waals surface area contributed by atoms with Crippen molar-refractivity contribution in [3.05, 3.63) is 18.3 Å². The SMILES string of the molecule is C=CCSCCNS(=O)(=O)c1c(N)nn(C)c1C. The molecule has 0 amide bonds. The minimum atomic E-state index is -3.59. The number of thioether (sulfide) groups is 1. The second kappa shape index (κ2) is 6.26. The number of anilines is 1. The van der Waals surface area contributed by atoms with Gasteiger partial charge in [-0.3, -0.25) is 4.68 Å². The van der Waals surface area contributed by atoms with E-state index in [1.165, 1.54) is 4.68 Å². The van der Waals surface area contributed by atoms with Crippen LogP contribution in [0, 0.1) is 6.92 Å². The van der Waals surface area contributed by atoms with Crippen molar-refractivity contribution in [2.45, 2.75) is 11.8 Å². The first-order valence-electron chi connectivity index (χ1n) is 5.37. The molecule has 6 nitrogen and oxygen atoms in total. The fraction of sp³-hybridized carbons (Fsp3) is 0.500. The predicted octanol–water partition coefficient (Wildman–Crippen LogP) is 0.508. The molecular weight excluding hydrogens is 272 g/mol. The molecular formula is C10H18N4O2S2. The molecule has 1 aromatic rings. The van der Waals surface area contributed by atoms with E-state index in [2.05, 4.69) is 16.4 Å². The first-order chi connectivity index (χ1) is 8.40. The summed E-state index contributed by atoms with van der Waals surface area (Å²) in [5.74, 6) is 1.52. The minimum absolute atomic E-state index is 0.0289. The smallest absolute Gasteiger partial charge is 0.246 e. The van der Waals surface area contributed by atoms with Gasteiger partial charge in [0.05, 0.1) is 5.69 Å². The monoisotopic (exact) mass is 290 g/mol. The van der Waals surface area contributed by atoms with Crippen LogP contribution in [0.2, 0.25) is 0 Å². The maximum Gasteiger partial charge on any atom is 0.246 e. The summed E-state index contributed by atoms with van der Waals surface area (Å²) >= 11 is 1.61. The number of nitrogens with two attached hydrogens (primary N) is 1. The lowest BCUT2D eigenvalue weighted by atomic mass is 10.5. The van der Waals surface area contributed by atoms with Gasteiger partial charge in [0, 0.05) is 25.1 Å². The number of aryl methyl sites for hydroxylation is 1. The number of sulfonamides is 1. The van der Waals surface area contributed by atoms with Gasteiger partial charge in [-0.05, 0) is 6.92 Å². The van der Waals surface area contributed by atoms with Crippen molar-refractivity contribution in [3.63, 3.8) is 0 Å². The molecule has 0 radical (unpaired) electrons. The summed E-state index contributed by atoms with van der Waals surface area (Å²) in [5, 5.41) is 3.89. The predicted molar refractivity (Wildman–Crippen MR) is 75.1 cm³/mol. The maximum atomic E-state index is 12.0. The van der Waals surface area contributed by atoms with Gasteiger partial charge in [-0.25, -0.2) is 13.1 Å². The lowest BCUT2D eigenvalue weighted by molar-refractivity contribution is 0.583. The summed E-state index contributed by atoms with van der Waals surface area (Å²) in [6, 6.07) is 0. The largest absolute Gasteiger partial charge is 0.381 e. The zero-order valence-electron chi connectivity index (χ0n) is 10.5. The van der Waals surface area contributed by atoms with Gasteiger partial charge >= 0.3 is 0 Å². The van der Waals surface area contributed by atoms with Gasteiger partial charge in [0.1, 0.15) is 4.90 Å². The zero-order chi connectivity index (χ0) is 13.8. The molecule has 102 valence electrons. The fourth-order valence-corrected chi connectivity index (χ4v) is 3.49. The summed E-state index contributed by atoms with van der Waals surface area (Å²) in [6.07, 6.45) is 1.78. The normalized spacial score (nSPS) is 11.7. The Balaban J connectivity index is 2.72. The van der Waals surface area contributed by atoms with Crippen molar-refractivity contribution in [3.8, 4) is 0 Å². The van der Waals surface area contributed by atoms with Crippen molar-refractivity contribution < 1.29 is 8.42 Å². The molecule has 8 heteroatoms. The van der Waals surface area contributed by atoms with Crippen LogP contribution in [0.25, 0.3) is 0 Å². The van der Waals surface area contributed by atoms with Gasteiger partial charge in [-0.1, -0.05) is 6.08 Å². The van der Waals surface area contributed by atoms with Crippen LogP contribution in [0.3, 0.4) is 0 Å². The third-order valence-corrected chi connectivity index (χ3v) is 4.94. The van der Waals surface area contributed by atoms with E-state index in [0.29, 0.717) is 18.0 Å². The van der Waals surface area contributed by atoms with E-state index in [1.807, 2.05) is 0 Å². The van der Waals surface area contributed by atoms with Crippen molar-refractivity contribution in [1.29, 1.82) is 0 Å². The molecule has 0 saturated heterocycles. The van der Waals surface area contributed by atoms with E-state index >= 15 is 0 Å². The van der Waals surface area contributed by atoms with Gasteiger partial charge in [-0.2, -0.15) is 16.9 Å². The number of nitrogens with zero attached hydrogens (tertiary/aromatic N) is 2. The standard InChI is InChI=1S/C10H18N4O2S2/c1-4-6-17-7-5-12-18(15,16)9-8(2)14(3)13-10(9)11/h4,12H,1,5-7H2,2-3H3,(H2,11,13). The third kappa shape index (κ3) is 3.50. The first-order valence-corrected chi connectivity index (χ1v) is 8.01. The number of nitrogen functional groups attached to an aromatic ring is 1. The molecule has 0 aliphatic heterocycles. The highest BCUT2D eigenvalue weighted by Gasteiger charge is 2.23. The highest BCUT2D eigenvalue weighted by Crippen LogP contribution is 2.20. The molecule has 1 heterocycles. The molecule has 3 N–H and O–H groups in total. The van der Waals surface area contributed by atoms with Crippen LogP contribution in [0.5, 0.6) is 0 Å². The molecule has 0 unspecified atom stereocenters. The van der Waals surface area contributed by atoms with Gasteiger partial charge in [-0.15, -0.1) is 6.58 Å². The number of nitrogens with one attached hydrogen (secondary N) is 1. The van der Waals surface area contributed by atoms with E-state index < -0.39 is 10.0 Å². The van der Waals surface area contributed by atoms with E-state index in [-0.39, 0.29) is 10.7 Å². The molecule has 18 heavy (non-hydrogen) atoms. The molecule has 0 spiro atoms. The Morgan fingerprint density at radius 2 is 2.28 bits per heavy atom. The number of aromatic nitrogens is 2. The van der Waals surface area contributed by atoms with E-state index in [1.54, 1.807) is 31.8 Å². The van der Waals surface area contributed by atoms with Crippen LogP contribution < -0.4 is 10.5 Å². The van der Waals surface area contributed by atoms with Crippen LogP contribution in [-0.2, 0) is 17.1 Å². The molecule has 0 aliphatic rings. The molecule has 0 aliphatic carbocycles. The molecule has 0 bridgehead atoms. The molecule has 0 atom stereocenters. The third-order valence-electron chi connectivity index (χ3n) is 2.35. The van der Waals surface area contributed by atoms with Crippen LogP contribution in [0.4, 0.5) is 5.82 Å². The Bertz CT molecular complexity index is 522. The summed E-state index contributed by atoms with van der Waals surface area (Å²) < 4.78 is 28.1. The second-order valence-electron chi connectivity index (χ2n) is 3.68. The molecule has 1 aromatic heterocycles.